The van der Waals surface area contributed by atoms with E-state index in [9.17, 15) is 26.3 Å². The summed E-state index contributed by atoms with van der Waals surface area (Å²) < 4.78 is 76.1. The van der Waals surface area contributed by atoms with Crippen molar-refractivity contribution >= 4 is 12.4 Å². The third-order valence-corrected chi connectivity index (χ3v) is 2.73. The van der Waals surface area contributed by atoms with Crippen molar-refractivity contribution in [3.05, 3.63) is 70.3 Å². The molecular weight excluding hydrogens is 362 g/mol. The van der Waals surface area contributed by atoms with Gasteiger partial charge in [0, 0.05) is 38.4 Å². The second kappa shape index (κ2) is 10.1. The molecule has 2 rings (SSSR count). The van der Waals surface area contributed by atoms with Crippen LogP contribution in [0.4, 0.5) is 26.3 Å². The molecule has 0 unspecified atom stereocenters. The number of benzene rings is 2. The summed E-state index contributed by atoms with van der Waals surface area (Å²) in [5.41, 5.74) is 3.93. The van der Waals surface area contributed by atoms with Gasteiger partial charge in [-0.25, -0.2) is 26.3 Å². The van der Waals surface area contributed by atoms with Gasteiger partial charge in [-0.15, -0.1) is 0 Å². The van der Waals surface area contributed by atoms with E-state index in [0.29, 0.717) is 24.3 Å². The Morgan fingerprint density at radius 1 is 0.615 bits per heavy atom. The Kier molecular flexibility index (Phi) is 8.13. The Labute approximate surface area is 145 Å². The Balaban J connectivity index is 0.000000260. The van der Waals surface area contributed by atoms with E-state index in [0.717, 1.165) is 12.4 Å². The first-order valence-corrected chi connectivity index (χ1v) is 6.98. The highest BCUT2D eigenvalue weighted by molar-refractivity contribution is 5.80. The molecule has 0 radical (unpaired) electrons. The number of hydrogen-bond donors (Lipinski definition) is 2. The number of halogens is 6. The van der Waals surface area contributed by atoms with E-state index in [1.165, 1.54) is 14.1 Å². The molecule has 0 saturated heterocycles. The van der Waals surface area contributed by atoms with Crippen molar-refractivity contribution in [2.24, 2.45) is 10.2 Å². The van der Waals surface area contributed by atoms with E-state index in [4.69, 9.17) is 0 Å². The zero-order valence-electron chi connectivity index (χ0n) is 13.6. The molecule has 2 aromatic rings. The highest BCUT2D eigenvalue weighted by atomic mass is 19.2. The Bertz CT molecular complexity index is 694. The molecule has 0 spiro atoms. The van der Waals surface area contributed by atoms with Crippen molar-refractivity contribution in [1.29, 1.82) is 0 Å². The Morgan fingerprint density at radius 2 is 0.885 bits per heavy atom. The fraction of sp³-hybridized carbons (Fsp3) is 0.125. The van der Waals surface area contributed by atoms with Crippen molar-refractivity contribution in [3.8, 4) is 0 Å². The molecule has 2 aromatic carbocycles. The Morgan fingerprint density at radius 3 is 1.12 bits per heavy atom. The number of hydrazone groups is 2. The number of rotatable bonds is 4. The summed E-state index contributed by atoms with van der Waals surface area (Å²) in [4.78, 5) is 0. The average molecular weight is 376 g/mol. The summed E-state index contributed by atoms with van der Waals surface area (Å²) >= 11 is 0. The van der Waals surface area contributed by atoms with Crippen molar-refractivity contribution in [3.63, 3.8) is 0 Å². The minimum absolute atomic E-state index is 0.365. The highest BCUT2D eigenvalue weighted by Crippen LogP contribution is 2.13. The molecule has 0 aliphatic carbocycles. The van der Waals surface area contributed by atoms with Gasteiger partial charge in [-0.2, -0.15) is 10.2 Å². The normalized spacial score (nSPS) is 10.8. The first kappa shape index (κ1) is 21.0. The van der Waals surface area contributed by atoms with Gasteiger partial charge in [-0.3, -0.25) is 0 Å². The third kappa shape index (κ3) is 6.11. The largest absolute Gasteiger partial charge is 0.313 e. The lowest BCUT2D eigenvalue weighted by Gasteiger charge is -1.98. The summed E-state index contributed by atoms with van der Waals surface area (Å²) in [6, 6.07) is 2.39. The van der Waals surface area contributed by atoms with Crippen molar-refractivity contribution in [1.82, 2.24) is 10.9 Å². The molecule has 140 valence electrons. The zero-order valence-corrected chi connectivity index (χ0v) is 13.6. The van der Waals surface area contributed by atoms with Crippen LogP contribution in [-0.4, -0.2) is 26.5 Å². The average Bonchev–Trinajstić information content (AvgIpc) is 2.53. The van der Waals surface area contributed by atoms with Crippen molar-refractivity contribution < 1.29 is 26.3 Å². The van der Waals surface area contributed by atoms with Crippen LogP contribution in [0.15, 0.2) is 34.5 Å². The first-order chi connectivity index (χ1) is 12.3. The van der Waals surface area contributed by atoms with Crippen molar-refractivity contribution in [2.45, 2.75) is 0 Å². The molecule has 2 N–H and O–H groups in total. The van der Waals surface area contributed by atoms with Crippen LogP contribution < -0.4 is 10.9 Å². The fourth-order valence-electron chi connectivity index (χ4n) is 1.61. The van der Waals surface area contributed by atoms with E-state index in [1.807, 2.05) is 0 Å². The summed E-state index contributed by atoms with van der Waals surface area (Å²) in [6.45, 7) is 0. The monoisotopic (exact) mass is 376 g/mol. The molecule has 0 saturated carbocycles. The first-order valence-electron chi connectivity index (χ1n) is 6.98. The van der Waals surface area contributed by atoms with E-state index >= 15 is 0 Å². The van der Waals surface area contributed by atoms with Crippen LogP contribution in [0, 0.1) is 34.9 Å². The number of nitrogens with one attached hydrogen (secondary N) is 2. The van der Waals surface area contributed by atoms with Gasteiger partial charge in [0.1, 0.15) is 34.9 Å². The molecule has 0 aliphatic rings. The molecule has 0 bridgehead atoms. The summed E-state index contributed by atoms with van der Waals surface area (Å²) in [7, 11) is 2.96. The lowest BCUT2D eigenvalue weighted by atomic mass is 10.2. The summed E-state index contributed by atoms with van der Waals surface area (Å²) in [6.07, 6.45) is 1.90. The molecule has 0 aromatic heterocycles. The Hall–Kier alpha value is -3.04. The zero-order chi connectivity index (χ0) is 19.7. The number of hydrogen-bond acceptors (Lipinski definition) is 4. The van der Waals surface area contributed by atoms with Gasteiger partial charge in [-0.1, -0.05) is 0 Å². The van der Waals surface area contributed by atoms with Crippen LogP contribution in [0.3, 0.4) is 0 Å². The topological polar surface area (TPSA) is 48.8 Å². The van der Waals surface area contributed by atoms with Crippen LogP contribution in [-0.2, 0) is 0 Å². The van der Waals surface area contributed by atoms with Crippen molar-refractivity contribution in [2.75, 3.05) is 14.1 Å². The molecule has 0 amide bonds. The minimum Gasteiger partial charge on any atom is -0.313 e. The van der Waals surface area contributed by atoms with E-state index in [1.54, 1.807) is 0 Å². The van der Waals surface area contributed by atoms with Gasteiger partial charge >= 0.3 is 0 Å². The van der Waals surface area contributed by atoms with Crippen LogP contribution in [0.5, 0.6) is 0 Å². The van der Waals surface area contributed by atoms with Gasteiger partial charge in [0.2, 0.25) is 0 Å². The maximum atomic E-state index is 12.8. The molecule has 0 aliphatic heterocycles. The molecule has 0 heterocycles. The second-order valence-corrected chi connectivity index (χ2v) is 4.53. The van der Waals surface area contributed by atoms with Gasteiger partial charge in [0.15, 0.2) is 0 Å². The van der Waals surface area contributed by atoms with E-state index < -0.39 is 34.9 Å². The fourth-order valence-corrected chi connectivity index (χ4v) is 1.61. The minimum atomic E-state index is -0.975. The quantitative estimate of drug-likeness (QED) is 0.489. The lowest BCUT2D eigenvalue weighted by molar-refractivity contribution is 0.540. The number of nitrogens with zero attached hydrogens (tertiary/aromatic N) is 2. The van der Waals surface area contributed by atoms with Crippen LogP contribution >= 0.6 is 0 Å². The molecule has 0 fully saturated rings. The molecule has 10 heteroatoms. The smallest absolute Gasteiger partial charge is 0.137 e. The SMILES string of the molecule is CNN=Cc1c(F)cc(F)cc1F.CNN=Cc1c(F)cc(F)cc1F. The lowest BCUT2D eigenvalue weighted by Crippen LogP contribution is -2.00. The van der Waals surface area contributed by atoms with Gasteiger partial charge in [0.05, 0.1) is 23.6 Å². The van der Waals surface area contributed by atoms with E-state index in [2.05, 4.69) is 21.1 Å². The molecule has 26 heavy (non-hydrogen) atoms. The van der Waals surface area contributed by atoms with Gasteiger partial charge in [-0.05, 0) is 0 Å². The molecular formula is C16H14F6N4. The van der Waals surface area contributed by atoms with Crippen LogP contribution in [0.1, 0.15) is 11.1 Å². The summed E-state index contributed by atoms with van der Waals surface area (Å²) in [5.74, 6) is -5.80. The van der Waals surface area contributed by atoms with Crippen LogP contribution in [0.2, 0.25) is 0 Å². The predicted molar refractivity (Wildman–Crippen MR) is 85.9 cm³/mol. The predicted octanol–water partition coefficient (Wildman–Crippen LogP) is 3.31. The third-order valence-electron chi connectivity index (χ3n) is 2.73. The highest BCUT2D eigenvalue weighted by Gasteiger charge is 2.09. The van der Waals surface area contributed by atoms with Gasteiger partial charge < -0.3 is 10.9 Å². The maximum Gasteiger partial charge on any atom is 0.137 e. The van der Waals surface area contributed by atoms with Crippen LogP contribution in [0.25, 0.3) is 0 Å². The van der Waals surface area contributed by atoms with Gasteiger partial charge in [0.25, 0.3) is 0 Å². The molecule has 0 atom stereocenters. The standard InChI is InChI=1S/2C8H7F3N2/c2*1-12-13-4-6-7(10)2-5(9)3-8(6)11/h2*2-4,12H,1H3. The second-order valence-electron chi connectivity index (χ2n) is 4.53. The maximum absolute atomic E-state index is 12.8. The summed E-state index contributed by atoms with van der Waals surface area (Å²) in [5, 5.41) is 6.83. The molecule has 4 nitrogen and oxygen atoms in total. The van der Waals surface area contributed by atoms with E-state index in [-0.39, 0.29) is 11.1 Å².